The highest BCUT2D eigenvalue weighted by Gasteiger charge is 2.08. The molecule has 5 nitrogen and oxygen atoms in total. The van der Waals surface area contributed by atoms with Crippen molar-refractivity contribution in [2.75, 3.05) is 12.4 Å². The molecule has 0 aliphatic heterocycles. The first-order valence-electron chi connectivity index (χ1n) is 6.05. The van der Waals surface area contributed by atoms with E-state index < -0.39 is 6.10 Å². The van der Waals surface area contributed by atoms with Crippen LogP contribution in [0.1, 0.15) is 11.4 Å². The molecule has 2 N–H and O–H groups in total. The highest BCUT2D eigenvalue weighted by atomic mass is 32.2. The molecule has 19 heavy (non-hydrogen) atoms. The number of aromatic nitrogens is 3. The second-order valence-corrected chi connectivity index (χ2v) is 5.16. The van der Waals surface area contributed by atoms with Crippen LogP contribution in [0.4, 0.5) is 0 Å². The van der Waals surface area contributed by atoms with Crippen molar-refractivity contribution in [2.24, 2.45) is 0 Å². The lowest BCUT2D eigenvalue weighted by molar-refractivity contribution is 0.0398. The predicted molar refractivity (Wildman–Crippen MR) is 73.9 cm³/mol. The van der Waals surface area contributed by atoms with Crippen molar-refractivity contribution in [1.82, 2.24) is 15.2 Å². The van der Waals surface area contributed by atoms with Crippen LogP contribution in [0.15, 0.2) is 35.5 Å². The number of nitrogens with one attached hydrogen (secondary N) is 1. The summed E-state index contributed by atoms with van der Waals surface area (Å²) in [5.41, 5.74) is 1.10. The summed E-state index contributed by atoms with van der Waals surface area (Å²) in [5.74, 6) is 1.30. The molecule has 0 saturated heterocycles. The second kappa shape index (κ2) is 7.28. The summed E-state index contributed by atoms with van der Waals surface area (Å²) in [6.07, 6.45) is -0.521. The Morgan fingerprint density at radius 1 is 1.37 bits per heavy atom. The van der Waals surface area contributed by atoms with Crippen LogP contribution in [-0.4, -0.2) is 38.8 Å². The Morgan fingerprint density at radius 3 is 2.84 bits per heavy atom. The number of nitrogens with zero attached hydrogens (tertiary/aromatic N) is 2. The Morgan fingerprint density at radius 2 is 2.16 bits per heavy atom. The molecule has 0 amide bonds. The Bertz CT molecular complexity index is 490. The summed E-state index contributed by atoms with van der Waals surface area (Å²) in [7, 11) is 0. The van der Waals surface area contributed by atoms with Crippen LogP contribution in [0, 0.1) is 6.92 Å². The van der Waals surface area contributed by atoms with Gasteiger partial charge in [-0.25, -0.2) is 4.98 Å². The van der Waals surface area contributed by atoms with Gasteiger partial charge in [-0.2, -0.15) is 0 Å². The topological polar surface area (TPSA) is 71.0 Å². The van der Waals surface area contributed by atoms with E-state index in [4.69, 9.17) is 4.74 Å². The molecular weight excluding hydrogens is 262 g/mol. The fourth-order valence-corrected chi connectivity index (χ4v) is 2.24. The van der Waals surface area contributed by atoms with Crippen molar-refractivity contribution < 1.29 is 9.84 Å². The number of H-pyrrole nitrogens is 1. The molecule has 1 unspecified atom stereocenters. The van der Waals surface area contributed by atoms with Crippen LogP contribution in [0.2, 0.25) is 0 Å². The smallest absolute Gasteiger partial charge is 0.208 e. The molecule has 2 aromatic rings. The Labute approximate surface area is 116 Å². The first-order chi connectivity index (χ1) is 9.24. The Balaban J connectivity index is 1.63. The molecule has 0 radical (unpaired) electrons. The number of benzene rings is 1. The summed E-state index contributed by atoms with van der Waals surface area (Å²) in [6.45, 7) is 2.67. The van der Waals surface area contributed by atoms with E-state index in [1.54, 1.807) is 0 Å². The van der Waals surface area contributed by atoms with E-state index in [0.29, 0.717) is 24.1 Å². The normalized spacial score (nSPS) is 12.5. The van der Waals surface area contributed by atoms with Gasteiger partial charge in [0.05, 0.1) is 19.3 Å². The Hall–Kier alpha value is -1.37. The molecule has 6 heteroatoms. The highest BCUT2D eigenvalue weighted by molar-refractivity contribution is 7.99. The maximum absolute atomic E-state index is 9.78. The third-order valence-corrected chi connectivity index (χ3v) is 3.40. The summed E-state index contributed by atoms with van der Waals surface area (Å²) >= 11 is 1.41. The standard InChI is InChI=1S/C13H17N3O2S/c1-10-14-13(16-15-10)19-9-12(17)8-18-7-11-5-3-2-4-6-11/h2-6,12,17H,7-9H2,1H3,(H,14,15,16). The van der Waals surface area contributed by atoms with E-state index in [2.05, 4.69) is 15.2 Å². The van der Waals surface area contributed by atoms with Gasteiger partial charge in [-0.05, 0) is 12.5 Å². The van der Waals surface area contributed by atoms with E-state index in [1.165, 1.54) is 11.8 Å². The van der Waals surface area contributed by atoms with Crippen LogP contribution in [0.5, 0.6) is 0 Å². The average molecular weight is 279 g/mol. The number of aliphatic hydroxyl groups is 1. The molecule has 0 spiro atoms. The van der Waals surface area contributed by atoms with Crippen molar-refractivity contribution in [3.63, 3.8) is 0 Å². The fraction of sp³-hybridized carbons (Fsp3) is 0.385. The SMILES string of the molecule is Cc1nc(SCC(O)COCc2ccccc2)n[nH]1. The zero-order valence-corrected chi connectivity index (χ0v) is 11.6. The van der Waals surface area contributed by atoms with Gasteiger partial charge in [0.1, 0.15) is 5.82 Å². The molecule has 2 rings (SSSR count). The molecule has 1 atom stereocenters. The first-order valence-corrected chi connectivity index (χ1v) is 7.04. The fourth-order valence-electron chi connectivity index (χ4n) is 1.49. The largest absolute Gasteiger partial charge is 0.390 e. The van der Waals surface area contributed by atoms with E-state index in [9.17, 15) is 5.11 Å². The van der Waals surface area contributed by atoms with Gasteiger partial charge in [0.15, 0.2) is 0 Å². The molecule has 1 aromatic carbocycles. The molecular formula is C13H17N3O2S. The molecule has 0 aliphatic rings. The lowest BCUT2D eigenvalue weighted by atomic mass is 10.2. The van der Waals surface area contributed by atoms with Gasteiger partial charge in [0.2, 0.25) is 5.16 Å². The van der Waals surface area contributed by atoms with Gasteiger partial charge in [0.25, 0.3) is 0 Å². The average Bonchev–Trinajstić information content (AvgIpc) is 2.83. The zero-order chi connectivity index (χ0) is 13.5. The van der Waals surface area contributed by atoms with E-state index in [1.807, 2.05) is 37.3 Å². The van der Waals surface area contributed by atoms with Gasteiger partial charge in [-0.1, -0.05) is 42.1 Å². The third-order valence-electron chi connectivity index (χ3n) is 2.40. The number of aromatic amines is 1. The summed E-state index contributed by atoms with van der Waals surface area (Å²) < 4.78 is 5.46. The zero-order valence-electron chi connectivity index (χ0n) is 10.7. The van der Waals surface area contributed by atoms with Gasteiger partial charge >= 0.3 is 0 Å². The van der Waals surface area contributed by atoms with Crippen molar-refractivity contribution in [1.29, 1.82) is 0 Å². The molecule has 1 heterocycles. The number of hydrogen-bond acceptors (Lipinski definition) is 5. The van der Waals surface area contributed by atoms with E-state index in [0.717, 1.165) is 11.4 Å². The number of thioether (sulfide) groups is 1. The van der Waals surface area contributed by atoms with Crippen LogP contribution in [0.3, 0.4) is 0 Å². The summed E-state index contributed by atoms with van der Waals surface area (Å²) in [4.78, 5) is 4.15. The third kappa shape index (κ3) is 5.02. The van der Waals surface area contributed by atoms with E-state index >= 15 is 0 Å². The van der Waals surface area contributed by atoms with Gasteiger partial charge < -0.3 is 9.84 Å². The maximum Gasteiger partial charge on any atom is 0.208 e. The second-order valence-electron chi connectivity index (χ2n) is 4.17. The van der Waals surface area contributed by atoms with Crippen LogP contribution >= 0.6 is 11.8 Å². The minimum atomic E-state index is -0.521. The van der Waals surface area contributed by atoms with Crippen LogP contribution < -0.4 is 0 Å². The molecule has 0 bridgehead atoms. The van der Waals surface area contributed by atoms with Gasteiger partial charge in [0, 0.05) is 5.75 Å². The number of rotatable bonds is 7. The predicted octanol–water partition coefficient (Wildman–Crippen LogP) is 1.78. The molecule has 102 valence electrons. The van der Waals surface area contributed by atoms with Crippen molar-refractivity contribution in [2.45, 2.75) is 24.8 Å². The van der Waals surface area contributed by atoms with Crippen LogP contribution in [0.25, 0.3) is 0 Å². The van der Waals surface area contributed by atoms with Gasteiger partial charge in [-0.3, -0.25) is 5.10 Å². The van der Waals surface area contributed by atoms with Gasteiger partial charge in [-0.15, -0.1) is 5.10 Å². The first kappa shape index (κ1) is 14.0. The summed E-state index contributed by atoms with van der Waals surface area (Å²) in [6, 6.07) is 9.90. The lowest BCUT2D eigenvalue weighted by Crippen LogP contribution is -2.18. The quantitative estimate of drug-likeness (QED) is 0.756. The van der Waals surface area contributed by atoms with E-state index in [-0.39, 0.29) is 0 Å². The Kier molecular flexibility index (Phi) is 5.38. The lowest BCUT2D eigenvalue weighted by Gasteiger charge is -2.09. The van der Waals surface area contributed by atoms with Crippen molar-refractivity contribution in [3.8, 4) is 0 Å². The minimum Gasteiger partial charge on any atom is -0.390 e. The van der Waals surface area contributed by atoms with Crippen LogP contribution in [-0.2, 0) is 11.3 Å². The molecule has 0 aliphatic carbocycles. The molecule has 0 fully saturated rings. The molecule has 1 aromatic heterocycles. The summed E-state index contributed by atoms with van der Waals surface area (Å²) in [5, 5.41) is 17.2. The van der Waals surface area contributed by atoms with Crippen molar-refractivity contribution >= 4 is 11.8 Å². The maximum atomic E-state index is 9.78. The monoisotopic (exact) mass is 279 g/mol. The van der Waals surface area contributed by atoms with Crippen molar-refractivity contribution in [3.05, 3.63) is 41.7 Å². The minimum absolute atomic E-state index is 0.311. The number of hydrogen-bond donors (Lipinski definition) is 2. The highest BCUT2D eigenvalue weighted by Crippen LogP contribution is 2.13. The number of aliphatic hydroxyl groups excluding tert-OH is 1. The number of ether oxygens (including phenoxy) is 1. The number of aryl methyl sites for hydroxylation is 1. The molecule has 0 saturated carbocycles.